The van der Waals surface area contributed by atoms with Crippen molar-refractivity contribution in [3.05, 3.63) is 51.7 Å². The normalized spacial score (nSPS) is 10.5. The molecule has 0 aliphatic carbocycles. The van der Waals surface area contributed by atoms with Crippen LogP contribution in [0.2, 0.25) is 0 Å². The van der Waals surface area contributed by atoms with Crippen molar-refractivity contribution in [1.29, 1.82) is 0 Å². The molecule has 0 spiro atoms. The van der Waals surface area contributed by atoms with Gasteiger partial charge in [0.25, 0.3) is 0 Å². The van der Waals surface area contributed by atoms with E-state index in [1.165, 1.54) is 5.56 Å². The minimum Gasteiger partial charge on any atom is -0.497 e. The van der Waals surface area contributed by atoms with E-state index >= 15 is 0 Å². The number of hydrogen-bond donors (Lipinski definition) is 1. The Hall–Kier alpha value is -2.05. The molecule has 0 saturated carbocycles. The van der Waals surface area contributed by atoms with Crippen LogP contribution in [0.25, 0.3) is 0 Å². The zero-order valence-electron chi connectivity index (χ0n) is 12.3. The van der Waals surface area contributed by atoms with Crippen molar-refractivity contribution in [2.75, 3.05) is 19.5 Å². The predicted octanol–water partition coefficient (Wildman–Crippen LogP) is 4.56. The number of hydrogen-bond acceptors (Lipinski definition) is 6. The quantitative estimate of drug-likeness (QED) is 0.719. The van der Waals surface area contributed by atoms with E-state index in [1.807, 2.05) is 18.2 Å². The van der Waals surface area contributed by atoms with E-state index < -0.39 is 0 Å². The summed E-state index contributed by atoms with van der Waals surface area (Å²) in [4.78, 5) is 4.62. The Balaban J connectivity index is 1.74. The third kappa shape index (κ3) is 3.40. The average Bonchev–Trinajstić information content (AvgIpc) is 3.20. The molecule has 6 heteroatoms. The Morgan fingerprint density at radius 3 is 2.77 bits per heavy atom. The van der Waals surface area contributed by atoms with Crippen LogP contribution in [0.4, 0.5) is 10.8 Å². The van der Waals surface area contributed by atoms with Gasteiger partial charge in [-0.05, 0) is 34.5 Å². The summed E-state index contributed by atoms with van der Waals surface area (Å²) in [6.07, 6.45) is 0.863. The van der Waals surface area contributed by atoms with Gasteiger partial charge in [0, 0.05) is 17.9 Å². The molecule has 0 saturated heterocycles. The number of ether oxygens (including phenoxy) is 2. The zero-order chi connectivity index (χ0) is 15.4. The number of methoxy groups -OCH3 is 2. The Bertz CT molecular complexity index is 738. The number of thiophene rings is 1. The minimum atomic E-state index is 0.730. The number of nitrogens with zero attached hydrogens (tertiary/aromatic N) is 1. The molecule has 4 nitrogen and oxygen atoms in total. The van der Waals surface area contributed by atoms with Crippen LogP contribution in [0.3, 0.4) is 0 Å². The number of nitrogens with one attached hydrogen (secondary N) is 1. The van der Waals surface area contributed by atoms with Crippen LogP contribution >= 0.6 is 22.7 Å². The topological polar surface area (TPSA) is 43.4 Å². The van der Waals surface area contributed by atoms with Gasteiger partial charge in [0.1, 0.15) is 11.5 Å². The Morgan fingerprint density at radius 2 is 2.05 bits per heavy atom. The molecule has 2 aromatic heterocycles. The van der Waals surface area contributed by atoms with Crippen LogP contribution in [-0.2, 0) is 6.42 Å². The summed E-state index contributed by atoms with van der Waals surface area (Å²) < 4.78 is 10.6. The van der Waals surface area contributed by atoms with Gasteiger partial charge in [-0.25, -0.2) is 4.98 Å². The summed E-state index contributed by atoms with van der Waals surface area (Å²) in [6.45, 7) is 0. The molecule has 1 aromatic carbocycles. The maximum Gasteiger partial charge on any atom is 0.187 e. The molecule has 0 aliphatic heterocycles. The fourth-order valence-corrected chi connectivity index (χ4v) is 3.46. The zero-order valence-corrected chi connectivity index (χ0v) is 14.0. The van der Waals surface area contributed by atoms with E-state index in [4.69, 9.17) is 9.47 Å². The van der Waals surface area contributed by atoms with Crippen molar-refractivity contribution in [3.8, 4) is 11.5 Å². The molecule has 3 aromatic rings. The maximum atomic E-state index is 5.39. The molecule has 2 heterocycles. The number of benzene rings is 1. The van der Waals surface area contributed by atoms with Gasteiger partial charge in [0.2, 0.25) is 0 Å². The lowest BCUT2D eigenvalue weighted by Gasteiger charge is -2.10. The first-order valence-electron chi connectivity index (χ1n) is 6.73. The fraction of sp³-hybridized carbons (Fsp3) is 0.188. The van der Waals surface area contributed by atoms with Gasteiger partial charge in [-0.2, -0.15) is 11.3 Å². The molecule has 22 heavy (non-hydrogen) atoms. The number of thiazole rings is 1. The van der Waals surface area contributed by atoms with Crippen molar-refractivity contribution in [2.24, 2.45) is 0 Å². The van der Waals surface area contributed by atoms with Crippen LogP contribution in [-0.4, -0.2) is 19.2 Å². The lowest BCUT2D eigenvalue weighted by Crippen LogP contribution is -1.95. The second kappa shape index (κ2) is 6.81. The second-order valence-electron chi connectivity index (χ2n) is 4.64. The molecule has 0 unspecified atom stereocenters. The first-order valence-corrected chi connectivity index (χ1v) is 8.55. The van der Waals surface area contributed by atoms with Crippen LogP contribution in [0.5, 0.6) is 11.5 Å². The first-order chi connectivity index (χ1) is 10.8. The van der Waals surface area contributed by atoms with Gasteiger partial charge in [0.15, 0.2) is 5.13 Å². The lowest BCUT2D eigenvalue weighted by atomic mass is 10.2. The first kappa shape index (κ1) is 14.9. The highest BCUT2D eigenvalue weighted by molar-refractivity contribution is 7.13. The van der Waals surface area contributed by atoms with Gasteiger partial charge in [0.05, 0.1) is 25.6 Å². The van der Waals surface area contributed by atoms with Gasteiger partial charge in [-0.15, -0.1) is 11.3 Å². The van der Waals surface area contributed by atoms with Crippen molar-refractivity contribution < 1.29 is 9.47 Å². The monoisotopic (exact) mass is 332 g/mol. The van der Waals surface area contributed by atoms with Gasteiger partial charge in [-0.1, -0.05) is 0 Å². The Kier molecular flexibility index (Phi) is 4.60. The summed E-state index contributed by atoms with van der Waals surface area (Å²) in [5.74, 6) is 1.49. The second-order valence-corrected chi connectivity index (χ2v) is 6.28. The fourth-order valence-electron chi connectivity index (χ4n) is 2.06. The minimum absolute atomic E-state index is 0.730. The summed E-state index contributed by atoms with van der Waals surface area (Å²) in [6, 6.07) is 7.80. The highest BCUT2D eigenvalue weighted by atomic mass is 32.1. The summed E-state index contributed by atoms with van der Waals surface area (Å²) >= 11 is 3.30. The maximum absolute atomic E-state index is 5.39. The molecule has 0 atom stereocenters. The van der Waals surface area contributed by atoms with E-state index in [0.29, 0.717) is 0 Å². The van der Waals surface area contributed by atoms with Gasteiger partial charge in [-0.3, -0.25) is 0 Å². The molecule has 0 fully saturated rings. The standard InChI is InChI=1S/C16H16N2O2S2/c1-19-13-3-4-14(15(8-13)20-2)18-16-17-12(10-22-16)7-11-5-6-21-9-11/h3-6,8-10H,7H2,1-2H3,(H,17,18). The third-order valence-electron chi connectivity index (χ3n) is 3.17. The van der Waals surface area contributed by atoms with E-state index in [0.717, 1.165) is 34.4 Å². The molecule has 114 valence electrons. The van der Waals surface area contributed by atoms with Gasteiger partial charge < -0.3 is 14.8 Å². The molecule has 0 radical (unpaired) electrons. The molecule has 1 N–H and O–H groups in total. The van der Waals surface area contributed by atoms with E-state index in [1.54, 1.807) is 36.9 Å². The summed E-state index contributed by atoms with van der Waals surface area (Å²) in [7, 11) is 3.28. The number of rotatable bonds is 6. The summed E-state index contributed by atoms with van der Waals surface area (Å²) in [5, 5.41) is 10.5. The number of anilines is 2. The molecule has 0 amide bonds. The van der Waals surface area contributed by atoms with Crippen LogP contribution in [0.1, 0.15) is 11.3 Å². The van der Waals surface area contributed by atoms with Crippen molar-refractivity contribution in [3.63, 3.8) is 0 Å². The van der Waals surface area contributed by atoms with Crippen molar-refractivity contribution in [2.45, 2.75) is 6.42 Å². The van der Waals surface area contributed by atoms with Crippen molar-refractivity contribution in [1.82, 2.24) is 4.98 Å². The van der Waals surface area contributed by atoms with Crippen LogP contribution in [0.15, 0.2) is 40.4 Å². The SMILES string of the molecule is COc1ccc(Nc2nc(Cc3ccsc3)cs2)c(OC)c1. The van der Waals surface area contributed by atoms with Crippen LogP contribution < -0.4 is 14.8 Å². The van der Waals surface area contributed by atoms with E-state index in [2.05, 4.69) is 32.5 Å². The van der Waals surface area contributed by atoms with Gasteiger partial charge >= 0.3 is 0 Å². The molecule has 3 rings (SSSR count). The lowest BCUT2D eigenvalue weighted by molar-refractivity contribution is 0.395. The smallest absolute Gasteiger partial charge is 0.187 e. The predicted molar refractivity (Wildman–Crippen MR) is 92.1 cm³/mol. The van der Waals surface area contributed by atoms with E-state index in [-0.39, 0.29) is 0 Å². The van der Waals surface area contributed by atoms with E-state index in [9.17, 15) is 0 Å². The van der Waals surface area contributed by atoms with Crippen LogP contribution in [0, 0.1) is 0 Å². The largest absolute Gasteiger partial charge is 0.497 e. The number of aromatic nitrogens is 1. The average molecular weight is 332 g/mol. The highest BCUT2D eigenvalue weighted by Gasteiger charge is 2.08. The molecule has 0 aliphatic rings. The third-order valence-corrected chi connectivity index (χ3v) is 4.71. The van der Waals surface area contributed by atoms with Crippen molar-refractivity contribution >= 4 is 33.5 Å². The highest BCUT2D eigenvalue weighted by Crippen LogP contribution is 2.32. The Labute approximate surface area is 137 Å². The molecular formula is C16H16N2O2S2. The molecular weight excluding hydrogens is 316 g/mol. The summed E-state index contributed by atoms with van der Waals surface area (Å²) in [5.41, 5.74) is 3.24. The molecule has 0 bridgehead atoms. The Morgan fingerprint density at radius 1 is 1.14 bits per heavy atom.